The predicted molar refractivity (Wildman–Crippen MR) is 80.8 cm³/mol. The normalized spacial score (nSPS) is 18.5. The third kappa shape index (κ3) is 4.36. The summed E-state index contributed by atoms with van der Waals surface area (Å²) in [5.74, 6) is -0.831. The largest absolute Gasteiger partial charge is 0.465 e. The molecule has 1 amide bonds. The lowest BCUT2D eigenvalue weighted by molar-refractivity contribution is -0.156. The van der Waals surface area contributed by atoms with Gasteiger partial charge in [-0.2, -0.15) is 5.26 Å². The van der Waals surface area contributed by atoms with E-state index >= 15 is 0 Å². The second-order valence-corrected chi connectivity index (χ2v) is 6.76. The van der Waals surface area contributed by atoms with Crippen molar-refractivity contribution < 1.29 is 19.1 Å². The van der Waals surface area contributed by atoms with Gasteiger partial charge in [-0.25, -0.2) is 4.79 Å². The first kappa shape index (κ1) is 18.3. The molecule has 2 atom stereocenters. The van der Waals surface area contributed by atoms with Gasteiger partial charge in [0, 0.05) is 12.5 Å². The number of amides is 1. The van der Waals surface area contributed by atoms with Crippen LogP contribution in [0.1, 0.15) is 47.5 Å². The second-order valence-electron chi connectivity index (χ2n) is 6.76. The molecular weight excluding hydrogens is 284 g/mol. The molecule has 0 aromatic heterocycles. The van der Waals surface area contributed by atoms with Crippen LogP contribution in [0.25, 0.3) is 0 Å². The zero-order chi connectivity index (χ0) is 17.0. The number of carbonyl (C=O) groups is 2. The van der Waals surface area contributed by atoms with Crippen molar-refractivity contribution >= 4 is 12.1 Å². The van der Waals surface area contributed by atoms with Crippen molar-refractivity contribution in [3.8, 4) is 6.07 Å². The Morgan fingerprint density at radius 2 is 1.95 bits per heavy atom. The number of carbonyl (C=O) groups excluding carboxylic acids is 2. The summed E-state index contributed by atoms with van der Waals surface area (Å²) in [5.41, 5.74) is -1.78. The molecule has 1 rings (SSSR count). The van der Waals surface area contributed by atoms with E-state index in [2.05, 4.69) is 11.4 Å². The Hall–Kier alpha value is -1.77. The van der Waals surface area contributed by atoms with Crippen molar-refractivity contribution in [3.05, 3.63) is 0 Å². The van der Waals surface area contributed by atoms with Crippen LogP contribution in [0.15, 0.2) is 0 Å². The summed E-state index contributed by atoms with van der Waals surface area (Å²) in [6.45, 7) is 9.26. The zero-order valence-corrected chi connectivity index (χ0v) is 14.1. The van der Waals surface area contributed by atoms with Gasteiger partial charge in [0.2, 0.25) is 0 Å². The molecule has 124 valence electrons. The van der Waals surface area contributed by atoms with Crippen LogP contribution in [0, 0.1) is 28.6 Å². The summed E-state index contributed by atoms with van der Waals surface area (Å²) in [7, 11) is 0. The zero-order valence-electron chi connectivity index (χ0n) is 14.1. The standard InChI is InChI=1S/C16H26N2O4/c1-6-21-13(19)16(10-17,12-7-8-12)11(2)9-18-14(20)22-15(3,4)5/h11-12H,6-9H2,1-5H3,(H,18,20)/t11-,16?/m0/s1. The van der Waals surface area contributed by atoms with Crippen LogP contribution in [0.3, 0.4) is 0 Å². The molecule has 1 unspecified atom stereocenters. The molecule has 6 heteroatoms. The average Bonchev–Trinajstić information content (AvgIpc) is 3.21. The van der Waals surface area contributed by atoms with Crippen LogP contribution in [0.2, 0.25) is 0 Å². The minimum absolute atomic E-state index is 0.00647. The van der Waals surface area contributed by atoms with E-state index in [-0.39, 0.29) is 25.0 Å². The highest BCUT2D eigenvalue weighted by atomic mass is 16.6. The molecule has 22 heavy (non-hydrogen) atoms. The Balaban J connectivity index is 2.74. The molecule has 0 heterocycles. The summed E-state index contributed by atoms with van der Waals surface area (Å²) < 4.78 is 10.3. The minimum Gasteiger partial charge on any atom is -0.465 e. The number of nitrogens with zero attached hydrogens (tertiary/aromatic N) is 1. The fourth-order valence-corrected chi connectivity index (χ4v) is 2.52. The number of esters is 1. The molecule has 1 fully saturated rings. The van der Waals surface area contributed by atoms with E-state index in [9.17, 15) is 14.9 Å². The number of alkyl carbamates (subject to hydrolysis) is 1. The van der Waals surface area contributed by atoms with Crippen molar-refractivity contribution in [1.29, 1.82) is 5.26 Å². The van der Waals surface area contributed by atoms with E-state index < -0.39 is 23.1 Å². The molecule has 1 aliphatic carbocycles. The maximum atomic E-state index is 12.3. The van der Waals surface area contributed by atoms with E-state index in [1.165, 1.54) is 0 Å². The number of rotatable bonds is 6. The van der Waals surface area contributed by atoms with Crippen LogP contribution in [-0.2, 0) is 14.3 Å². The Labute approximate surface area is 132 Å². The van der Waals surface area contributed by atoms with Crippen LogP contribution < -0.4 is 5.32 Å². The quantitative estimate of drug-likeness (QED) is 0.762. The molecule has 1 N–H and O–H groups in total. The fourth-order valence-electron chi connectivity index (χ4n) is 2.52. The van der Waals surface area contributed by atoms with Gasteiger partial charge in [0.1, 0.15) is 5.60 Å². The second kappa shape index (κ2) is 6.99. The number of ether oxygens (including phenoxy) is 2. The lowest BCUT2D eigenvalue weighted by Crippen LogP contribution is -2.45. The van der Waals surface area contributed by atoms with Gasteiger partial charge in [0.25, 0.3) is 0 Å². The van der Waals surface area contributed by atoms with Gasteiger partial charge in [-0.3, -0.25) is 4.79 Å². The fraction of sp³-hybridized carbons (Fsp3) is 0.812. The molecule has 0 saturated heterocycles. The Bertz CT molecular complexity index is 460. The minimum atomic E-state index is -1.19. The molecular formula is C16H26N2O4. The summed E-state index contributed by atoms with van der Waals surface area (Å²) in [5, 5.41) is 12.2. The molecule has 1 aliphatic rings. The molecule has 0 aromatic rings. The molecule has 1 saturated carbocycles. The highest BCUT2D eigenvalue weighted by Gasteiger charge is 2.56. The Morgan fingerprint density at radius 3 is 2.36 bits per heavy atom. The number of nitrogens with one attached hydrogen (secondary N) is 1. The SMILES string of the molecule is CCOC(=O)C(C#N)(C1CC1)[C@@H](C)CNC(=O)OC(C)(C)C. The summed E-state index contributed by atoms with van der Waals surface area (Å²) >= 11 is 0. The molecule has 6 nitrogen and oxygen atoms in total. The number of hydrogen-bond donors (Lipinski definition) is 1. The highest BCUT2D eigenvalue weighted by molar-refractivity contribution is 5.81. The van der Waals surface area contributed by atoms with Crippen molar-refractivity contribution in [1.82, 2.24) is 5.32 Å². The number of nitriles is 1. The van der Waals surface area contributed by atoms with Crippen molar-refractivity contribution in [2.75, 3.05) is 13.2 Å². The van der Waals surface area contributed by atoms with Gasteiger partial charge in [-0.1, -0.05) is 6.92 Å². The van der Waals surface area contributed by atoms with E-state index in [1.54, 1.807) is 34.6 Å². The van der Waals surface area contributed by atoms with Crippen molar-refractivity contribution in [2.24, 2.45) is 17.3 Å². The van der Waals surface area contributed by atoms with Gasteiger partial charge in [-0.15, -0.1) is 0 Å². The Kier molecular flexibility index (Phi) is 5.81. The molecule has 0 bridgehead atoms. The van der Waals surface area contributed by atoms with E-state index in [4.69, 9.17) is 9.47 Å². The van der Waals surface area contributed by atoms with Crippen LogP contribution in [0.4, 0.5) is 4.79 Å². The topological polar surface area (TPSA) is 88.4 Å². The predicted octanol–water partition coefficient (Wildman–Crippen LogP) is 2.63. The summed E-state index contributed by atoms with van der Waals surface area (Å²) in [6.07, 6.45) is 1.12. The summed E-state index contributed by atoms with van der Waals surface area (Å²) in [6, 6.07) is 2.17. The van der Waals surface area contributed by atoms with E-state index in [0.717, 1.165) is 12.8 Å². The smallest absolute Gasteiger partial charge is 0.407 e. The van der Waals surface area contributed by atoms with Gasteiger partial charge in [0.05, 0.1) is 12.7 Å². The average molecular weight is 310 g/mol. The van der Waals surface area contributed by atoms with Gasteiger partial charge >= 0.3 is 12.1 Å². The van der Waals surface area contributed by atoms with Crippen LogP contribution in [0.5, 0.6) is 0 Å². The molecule has 0 aliphatic heterocycles. The van der Waals surface area contributed by atoms with Crippen LogP contribution in [-0.4, -0.2) is 30.8 Å². The lowest BCUT2D eigenvalue weighted by atomic mass is 9.73. The first-order valence-corrected chi connectivity index (χ1v) is 7.72. The van der Waals surface area contributed by atoms with Crippen molar-refractivity contribution in [2.45, 2.75) is 53.1 Å². The first-order chi connectivity index (χ1) is 10.2. The maximum Gasteiger partial charge on any atom is 0.407 e. The third-order valence-electron chi connectivity index (χ3n) is 3.75. The molecule has 0 radical (unpaired) electrons. The third-order valence-corrected chi connectivity index (χ3v) is 3.75. The van der Waals surface area contributed by atoms with E-state index in [1.807, 2.05) is 0 Å². The van der Waals surface area contributed by atoms with Crippen LogP contribution >= 0.6 is 0 Å². The summed E-state index contributed by atoms with van der Waals surface area (Å²) in [4.78, 5) is 24.0. The monoisotopic (exact) mass is 310 g/mol. The molecule has 0 aromatic carbocycles. The Morgan fingerprint density at radius 1 is 1.36 bits per heavy atom. The highest BCUT2D eigenvalue weighted by Crippen LogP contribution is 2.50. The van der Waals surface area contributed by atoms with Gasteiger partial charge in [0.15, 0.2) is 5.41 Å². The van der Waals surface area contributed by atoms with Gasteiger partial charge < -0.3 is 14.8 Å². The van der Waals surface area contributed by atoms with Crippen molar-refractivity contribution in [3.63, 3.8) is 0 Å². The molecule has 0 spiro atoms. The lowest BCUT2D eigenvalue weighted by Gasteiger charge is -2.31. The van der Waals surface area contributed by atoms with Gasteiger partial charge in [-0.05, 0) is 46.5 Å². The first-order valence-electron chi connectivity index (χ1n) is 7.72. The maximum absolute atomic E-state index is 12.3. The number of hydrogen-bond acceptors (Lipinski definition) is 5. The van der Waals surface area contributed by atoms with E-state index in [0.29, 0.717) is 0 Å².